The zero-order valence-electron chi connectivity index (χ0n) is 10.8. The van der Waals surface area contributed by atoms with Gasteiger partial charge in [-0.25, -0.2) is 4.98 Å². The lowest BCUT2D eigenvalue weighted by Gasteiger charge is -2.04. The van der Waals surface area contributed by atoms with Crippen LogP contribution >= 0.6 is 11.3 Å². The van der Waals surface area contributed by atoms with E-state index in [-0.39, 0.29) is 0 Å². The van der Waals surface area contributed by atoms with Crippen molar-refractivity contribution in [1.29, 1.82) is 0 Å². The smallest absolute Gasteiger partial charge is 0.107 e. The van der Waals surface area contributed by atoms with Gasteiger partial charge in [0, 0.05) is 18.0 Å². The first-order valence-corrected chi connectivity index (χ1v) is 6.81. The predicted octanol–water partition coefficient (Wildman–Crippen LogP) is 2.27. The second kappa shape index (κ2) is 6.99. The second-order valence-electron chi connectivity index (χ2n) is 4.25. The Balaban J connectivity index is 2.73. The Morgan fingerprint density at radius 1 is 1.31 bits per heavy atom. The molecule has 0 aliphatic carbocycles. The predicted molar refractivity (Wildman–Crippen MR) is 70.9 cm³/mol. The summed E-state index contributed by atoms with van der Waals surface area (Å²) in [6.07, 6.45) is 2.27. The minimum absolute atomic E-state index is 0.952. The Labute approximate surface area is 103 Å². The van der Waals surface area contributed by atoms with Crippen molar-refractivity contribution in [3.05, 3.63) is 15.6 Å². The fraction of sp³-hybridized carbons (Fsp3) is 0.750. The van der Waals surface area contributed by atoms with Crippen LogP contribution in [0.3, 0.4) is 0 Å². The van der Waals surface area contributed by atoms with Crippen LogP contribution in [0.1, 0.15) is 35.8 Å². The molecule has 1 heterocycles. The largest absolute Gasteiger partial charge is 0.312 e. The molecular formula is C12H23N3S. The monoisotopic (exact) mass is 241 g/mol. The van der Waals surface area contributed by atoms with Crippen LogP contribution in [0.5, 0.6) is 0 Å². The van der Waals surface area contributed by atoms with E-state index in [1.807, 2.05) is 11.3 Å². The summed E-state index contributed by atoms with van der Waals surface area (Å²) >= 11 is 1.85. The van der Waals surface area contributed by atoms with E-state index in [1.165, 1.54) is 22.0 Å². The van der Waals surface area contributed by atoms with E-state index in [9.17, 15) is 0 Å². The first-order valence-electron chi connectivity index (χ1n) is 6.00. The van der Waals surface area contributed by atoms with Gasteiger partial charge in [0.15, 0.2) is 0 Å². The molecule has 4 heteroatoms. The molecule has 0 spiro atoms. The molecule has 0 saturated carbocycles. The SMILES string of the molecule is CCCc1nc(CN(C)C)sc1CNCC. The summed E-state index contributed by atoms with van der Waals surface area (Å²) in [4.78, 5) is 8.32. The number of aromatic nitrogens is 1. The van der Waals surface area contributed by atoms with E-state index in [0.717, 1.165) is 26.1 Å². The molecule has 16 heavy (non-hydrogen) atoms. The maximum atomic E-state index is 4.73. The molecule has 1 N–H and O–H groups in total. The lowest BCUT2D eigenvalue weighted by molar-refractivity contribution is 0.401. The van der Waals surface area contributed by atoms with E-state index < -0.39 is 0 Å². The molecule has 0 aromatic carbocycles. The summed E-state index contributed by atoms with van der Waals surface area (Å²) in [5.74, 6) is 0. The van der Waals surface area contributed by atoms with E-state index in [1.54, 1.807) is 0 Å². The molecule has 0 bridgehead atoms. The molecule has 0 radical (unpaired) electrons. The molecule has 0 aliphatic heterocycles. The number of hydrogen-bond donors (Lipinski definition) is 1. The number of nitrogens with one attached hydrogen (secondary N) is 1. The number of thiazole rings is 1. The molecule has 0 aliphatic rings. The van der Waals surface area contributed by atoms with Crippen molar-refractivity contribution in [3.8, 4) is 0 Å². The van der Waals surface area contributed by atoms with Crippen molar-refractivity contribution in [2.75, 3.05) is 20.6 Å². The Morgan fingerprint density at radius 3 is 2.62 bits per heavy atom. The molecule has 0 saturated heterocycles. The van der Waals surface area contributed by atoms with Crippen molar-refractivity contribution in [2.45, 2.75) is 39.8 Å². The van der Waals surface area contributed by atoms with Gasteiger partial charge in [0.2, 0.25) is 0 Å². The van der Waals surface area contributed by atoms with Crippen molar-refractivity contribution in [3.63, 3.8) is 0 Å². The Hall–Kier alpha value is -0.450. The van der Waals surface area contributed by atoms with Gasteiger partial charge in [0.25, 0.3) is 0 Å². The van der Waals surface area contributed by atoms with Gasteiger partial charge < -0.3 is 10.2 Å². The standard InChI is InChI=1S/C12H23N3S/c1-5-7-10-11(8-13-6-2)16-12(14-10)9-15(3)4/h13H,5-9H2,1-4H3. The molecule has 92 valence electrons. The molecule has 0 unspecified atom stereocenters. The van der Waals surface area contributed by atoms with Crippen molar-refractivity contribution in [1.82, 2.24) is 15.2 Å². The highest BCUT2D eigenvalue weighted by molar-refractivity contribution is 7.11. The van der Waals surface area contributed by atoms with E-state index in [2.05, 4.69) is 38.2 Å². The molecule has 0 amide bonds. The molecule has 3 nitrogen and oxygen atoms in total. The molecule has 1 aromatic rings. The Morgan fingerprint density at radius 2 is 2.06 bits per heavy atom. The summed E-state index contributed by atoms with van der Waals surface area (Å²) in [7, 11) is 4.18. The van der Waals surface area contributed by atoms with Gasteiger partial charge in [-0.1, -0.05) is 20.3 Å². The summed E-state index contributed by atoms with van der Waals surface area (Å²) < 4.78 is 0. The van der Waals surface area contributed by atoms with Crippen LogP contribution in [-0.2, 0) is 19.5 Å². The van der Waals surface area contributed by atoms with Crippen LogP contribution in [0, 0.1) is 0 Å². The normalized spacial score (nSPS) is 11.3. The summed E-state index contributed by atoms with van der Waals surface area (Å²) in [6.45, 7) is 7.29. The molecular weight excluding hydrogens is 218 g/mol. The van der Waals surface area contributed by atoms with Crippen LogP contribution in [0.15, 0.2) is 0 Å². The summed E-state index contributed by atoms with van der Waals surface area (Å²) in [6, 6.07) is 0. The maximum Gasteiger partial charge on any atom is 0.107 e. The molecule has 0 fully saturated rings. The quantitative estimate of drug-likeness (QED) is 0.794. The highest BCUT2D eigenvalue weighted by Crippen LogP contribution is 2.20. The van der Waals surface area contributed by atoms with Crippen molar-refractivity contribution < 1.29 is 0 Å². The molecule has 0 atom stereocenters. The van der Waals surface area contributed by atoms with E-state index in [4.69, 9.17) is 4.98 Å². The average molecular weight is 241 g/mol. The molecule has 1 aromatic heterocycles. The van der Waals surface area contributed by atoms with Crippen molar-refractivity contribution in [2.24, 2.45) is 0 Å². The highest BCUT2D eigenvalue weighted by Gasteiger charge is 2.10. The lowest BCUT2D eigenvalue weighted by Crippen LogP contribution is -2.11. The van der Waals surface area contributed by atoms with E-state index >= 15 is 0 Å². The first kappa shape index (κ1) is 13.6. The van der Waals surface area contributed by atoms with Gasteiger partial charge in [-0.15, -0.1) is 11.3 Å². The fourth-order valence-corrected chi connectivity index (χ4v) is 2.79. The highest BCUT2D eigenvalue weighted by atomic mass is 32.1. The van der Waals surface area contributed by atoms with Crippen LogP contribution in [0.4, 0.5) is 0 Å². The van der Waals surface area contributed by atoms with Gasteiger partial charge in [-0.05, 0) is 27.1 Å². The van der Waals surface area contributed by atoms with Gasteiger partial charge in [-0.3, -0.25) is 0 Å². The summed E-state index contributed by atoms with van der Waals surface area (Å²) in [5.41, 5.74) is 1.30. The topological polar surface area (TPSA) is 28.2 Å². The van der Waals surface area contributed by atoms with Crippen LogP contribution in [0.25, 0.3) is 0 Å². The minimum Gasteiger partial charge on any atom is -0.312 e. The third-order valence-electron chi connectivity index (χ3n) is 2.30. The maximum absolute atomic E-state index is 4.73. The number of hydrogen-bond acceptors (Lipinski definition) is 4. The first-order chi connectivity index (χ1) is 7.67. The third-order valence-corrected chi connectivity index (χ3v) is 3.38. The molecule has 1 rings (SSSR count). The van der Waals surface area contributed by atoms with Crippen LogP contribution < -0.4 is 5.32 Å². The number of aryl methyl sites for hydroxylation is 1. The fourth-order valence-electron chi connectivity index (χ4n) is 1.58. The third kappa shape index (κ3) is 4.20. The zero-order valence-corrected chi connectivity index (χ0v) is 11.7. The Bertz CT molecular complexity index is 307. The van der Waals surface area contributed by atoms with Gasteiger partial charge in [0.1, 0.15) is 5.01 Å². The number of rotatable bonds is 7. The van der Waals surface area contributed by atoms with Gasteiger partial charge in [0.05, 0.1) is 5.69 Å². The Kier molecular flexibility index (Phi) is 5.95. The van der Waals surface area contributed by atoms with Gasteiger partial charge in [-0.2, -0.15) is 0 Å². The van der Waals surface area contributed by atoms with Crippen molar-refractivity contribution >= 4 is 11.3 Å². The average Bonchev–Trinajstić information content (AvgIpc) is 2.57. The minimum atomic E-state index is 0.952. The zero-order chi connectivity index (χ0) is 12.0. The lowest BCUT2D eigenvalue weighted by atomic mass is 10.2. The number of nitrogens with zero attached hydrogens (tertiary/aromatic N) is 2. The second-order valence-corrected chi connectivity index (χ2v) is 5.41. The van der Waals surface area contributed by atoms with Gasteiger partial charge >= 0.3 is 0 Å². The van der Waals surface area contributed by atoms with Crippen LogP contribution in [0.2, 0.25) is 0 Å². The van der Waals surface area contributed by atoms with E-state index in [0.29, 0.717) is 0 Å². The summed E-state index contributed by atoms with van der Waals surface area (Å²) in [5, 5.41) is 4.62. The van der Waals surface area contributed by atoms with Crippen LogP contribution in [-0.4, -0.2) is 30.5 Å².